The topological polar surface area (TPSA) is 54.4 Å². The molecular weight excluding hydrogens is 164 g/mol. The maximum absolute atomic E-state index is 10.4. The van der Waals surface area contributed by atoms with Crippen molar-refractivity contribution in [1.29, 1.82) is 0 Å². The molecule has 0 aromatic rings. The van der Waals surface area contributed by atoms with E-state index in [1.165, 1.54) is 13.0 Å². The SMILES string of the molecule is C=CC(CSC(C)=O)C(=O)O. The highest BCUT2D eigenvalue weighted by atomic mass is 32.2. The van der Waals surface area contributed by atoms with Crippen molar-refractivity contribution in [3.8, 4) is 0 Å². The molecule has 0 aliphatic carbocycles. The maximum atomic E-state index is 10.4. The Morgan fingerprint density at radius 1 is 1.73 bits per heavy atom. The zero-order valence-electron chi connectivity index (χ0n) is 6.24. The van der Waals surface area contributed by atoms with Gasteiger partial charge in [-0.2, -0.15) is 0 Å². The minimum atomic E-state index is -0.936. The van der Waals surface area contributed by atoms with Gasteiger partial charge in [0.2, 0.25) is 0 Å². The van der Waals surface area contributed by atoms with Gasteiger partial charge in [-0.05, 0) is 0 Å². The van der Waals surface area contributed by atoms with E-state index in [0.29, 0.717) is 0 Å². The molecule has 0 rings (SSSR count). The van der Waals surface area contributed by atoms with Gasteiger partial charge in [-0.3, -0.25) is 9.59 Å². The summed E-state index contributed by atoms with van der Waals surface area (Å²) in [6.45, 7) is 4.76. The Balaban J connectivity index is 3.79. The van der Waals surface area contributed by atoms with E-state index in [9.17, 15) is 9.59 Å². The van der Waals surface area contributed by atoms with Crippen LogP contribution in [0.15, 0.2) is 12.7 Å². The Hall–Kier alpha value is -0.770. The first-order valence-corrected chi connectivity index (χ1v) is 4.05. The van der Waals surface area contributed by atoms with E-state index >= 15 is 0 Å². The number of hydrogen-bond acceptors (Lipinski definition) is 3. The molecule has 0 fully saturated rings. The lowest BCUT2D eigenvalue weighted by Crippen LogP contribution is -2.13. The van der Waals surface area contributed by atoms with Gasteiger partial charge in [0.25, 0.3) is 0 Å². The average molecular weight is 174 g/mol. The van der Waals surface area contributed by atoms with Crippen LogP contribution < -0.4 is 0 Å². The van der Waals surface area contributed by atoms with Gasteiger partial charge in [0.15, 0.2) is 5.12 Å². The van der Waals surface area contributed by atoms with E-state index in [1.54, 1.807) is 0 Å². The summed E-state index contributed by atoms with van der Waals surface area (Å²) < 4.78 is 0. The van der Waals surface area contributed by atoms with Crippen molar-refractivity contribution < 1.29 is 14.7 Å². The van der Waals surface area contributed by atoms with Crippen molar-refractivity contribution in [2.45, 2.75) is 6.92 Å². The van der Waals surface area contributed by atoms with Crippen LogP contribution in [0.4, 0.5) is 0 Å². The van der Waals surface area contributed by atoms with Crippen molar-refractivity contribution >= 4 is 22.8 Å². The molecule has 1 unspecified atom stereocenters. The quantitative estimate of drug-likeness (QED) is 0.649. The summed E-state index contributed by atoms with van der Waals surface area (Å²) >= 11 is 1.00. The summed E-state index contributed by atoms with van der Waals surface area (Å²) in [6, 6.07) is 0. The van der Waals surface area contributed by atoms with Gasteiger partial charge in [-0.15, -0.1) is 6.58 Å². The first-order chi connectivity index (χ1) is 5.07. The summed E-state index contributed by atoms with van der Waals surface area (Å²) in [4.78, 5) is 20.8. The van der Waals surface area contributed by atoms with Crippen LogP contribution in [0.1, 0.15) is 6.92 Å². The molecule has 0 spiro atoms. The number of carbonyl (C=O) groups is 2. The molecule has 3 nitrogen and oxygen atoms in total. The monoisotopic (exact) mass is 174 g/mol. The summed E-state index contributed by atoms with van der Waals surface area (Å²) in [7, 11) is 0. The van der Waals surface area contributed by atoms with Gasteiger partial charge in [0.1, 0.15) is 0 Å². The van der Waals surface area contributed by atoms with E-state index < -0.39 is 11.9 Å². The molecule has 4 heteroatoms. The van der Waals surface area contributed by atoms with Crippen molar-refractivity contribution in [2.75, 3.05) is 5.75 Å². The molecule has 0 aromatic carbocycles. The molecule has 0 bridgehead atoms. The molecule has 0 radical (unpaired) electrons. The minimum absolute atomic E-state index is 0.0712. The normalized spacial score (nSPS) is 12.1. The highest BCUT2D eigenvalue weighted by molar-refractivity contribution is 8.13. The van der Waals surface area contributed by atoms with E-state index in [2.05, 4.69) is 6.58 Å². The van der Waals surface area contributed by atoms with Gasteiger partial charge in [0, 0.05) is 12.7 Å². The first kappa shape index (κ1) is 10.2. The van der Waals surface area contributed by atoms with Crippen LogP contribution in [0.2, 0.25) is 0 Å². The fraction of sp³-hybridized carbons (Fsp3) is 0.429. The van der Waals surface area contributed by atoms with Crippen LogP contribution in [0.25, 0.3) is 0 Å². The number of carbonyl (C=O) groups excluding carboxylic acids is 1. The van der Waals surface area contributed by atoms with Crippen LogP contribution in [0, 0.1) is 5.92 Å². The molecule has 0 amide bonds. The predicted molar refractivity (Wildman–Crippen MR) is 44.5 cm³/mol. The lowest BCUT2D eigenvalue weighted by molar-refractivity contribution is -0.139. The molecule has 0 aliphatic rings. The highest BCUT2D eigenvalue weighted by Crippen LogP contribution is 2.10. The van der Waals surface area contributed by atoms with Crippen molar-refractivity contribution in [3.05, 3.63) is 12.7 Å². The Morgan fingerprint density at radius 2 is 2.27 bits per heavy atom. The number of aliphatic carboxylic acids is 1. The number of carboxylic acid groups (broad SMARTS) is 1. The molecule has 0 aliphatic heterocycles. The van der Waals surface area contributed by atoms with Gasteiger partial charge in [-0.1, -0.05) is 17.8 Å². The Kier molecular flexibility index (Phi) is 4.61. The van der Waals surface area contributed by atoms with Gasteiger partial charge in [-0.25, -0.2) is 0 Å². The molecule has 1 N–H and O–H groups in total. The third kappa shape index (κ3) is 4.61. The average Bonchev–Trinajstić information content (AvgIpc) is 1.87. The number of hydrogen-bond donors (Lipinski definition) is 1. The van der Waals surface area contributed by atoms with Gasteiger partial charge < -0.3 is 5.11 Å². The van der Waals surface area contributed by atoms with E-state index in [1.807, 2.05) is 0 Å². The minimum Gasteiger partial charge on any atom is -0.481 e. The largest absolute Gasteiger partial charge is 0.481 e. The van der Waals surface area contributed by atoms with Crippen LogP contribution in [-0.2, 0) is 9.59 Å². The Morgan fingerprint density at radius 3 is 2.55 bits per heavy atom. The highest BCUT2D eigenvalue weighted by Gasteiger charge is 2.13. The van der Waals surface area contributed by atoms with Crippen LogP contribution in [0.3, 0.4) is 0 Å². The summed E-state index contributed by atoms with van der Waals surface area (Å²) in [5, 5.41) is 8.42. The third-order valence-electron chi connectivity index (χ3n) is 1.07. The van der Waals surface area contributed by atoms with Gasteiger partial charge in [0.05, 0.1) is 5.92 Å². The fourth-order valence-electron chi connectivity index (χ4n) is 0.447. The summed E-state index contributed by atoms with van der Waals surface area (Å²) in [5.41, 5.74) is 0. The summed E-state index contributed by atoms with van der Waals surface area (Å²) in [5.74, 6) is -1.29. The molecule has 0 saturated heterocycles. The van der Waals surface area contributed by atoms with Crippen molar-refractivity contribution in [1.82, 2.24) is 0 Å². The number of rotatable bonds is 4. The Labute approximate surface area is 69.5 Å². The predicted octanol–water partition coefficient (Wildman–Crippen LogP) is 1.15. The molecule has 62 valence electrons. The van der Waals surface area contributed by atoms with E-state index in [-0.39, 0.29) is 10.9 Å². The molecule has 0 saturated carbocycles. The molecule has 0 heterocycles. The number of carboxylic acids is 1. The first-order valence-electron chi connectivity index (χ1n) is 3.06. The lowest BCUT2D eigenvalue weighted by Gasteiger charge is -2.03. The van der Waals surface area contributed by atoms with Crippen molar-refractivity contribution in [2.24, 2.45) is 5.92 Å². The smallest absolute Gasteiger partial charge is 0.311 e. The Bertz CT molecular complexity index is 177. The molecule has 11 heavy (non-hydrogen) atoms. The zero-order chi connectivity index (χ0) is 8.85. The standard InChI is InChI=1S/C7H10O3S/c1-3-6(7(9)10)4-11-5(2)8/h3,6H,1,4H2,2H3,(H,9,10). The summed E-state index contributed by atoms with van der Waals surface area (Å²) in [6.07, 6.45) is 1.33. The molecular formula is C7H10O3S. The van der Waals surface area contributed by atoms with E-state index in [4.69, 9.17) is 5.11 Å². The third-order valence-corrected chi connectivity index (χ3v) is 2.00. The fourth-order valence-corrected chi connectivity index (χ4v) is 1.14. The lowest BCUT2D eigenvalue weighted by atomic mass is 10.2. The molecule has 1 atom stereocenters. The van der Waals surface area contributed by atoms with Crippen LogP contribution in [-0.4, -0.2) is 21.9 Å². The molecule has 0 aromatic heterocycles. The second-order valence-corrected chi connectivity index (χ2v) is 3.18. The van der Waals surface area contributed by atoms with E-state index in [0.717, 1.165) is 11.8 Å². The van der Waals surface area contributed by atoms with Crippen LogP contribution in [0.5, 0.6) is 0 Å². The van der Waals surface area contributed by atoms with Crippen LogP contribution >= 0.6 is 11.8 Å². The van der Waals surface area contributed by atoms with Crippen molar-refractivity contribution in [3.63, 3.8) is 0 Å². The second-order valence-electron chi connectivity index (χ2n) is 1.98. The second kappa shape index (κ2) is 4.96. The maximum Gasteiger partial charge on any atom is 0.311 e. The zero-order valence-corrected chi connectivity index (χ0v) is 7.06. The number of thioether (sulfide) groups is 1. The van der Waals surface area contributed by atoms with Gasteiger partial charge >= 0.3 is 5.97 Å².